The lowest BCUT2D eigenvalue weighted by atomic mass is 10.1. The van der Waals surface area contributed by atoms with Gasteiger partial charge >= 0.3 is 0 Å². The average molecular weight is 257 g/mol. The van der Waals surface area contributed by atoms with Crippen LogP contribution in [-0.4, -0.2) is 26.4 Å². The first-order valence-corrected chi connectivity index (χ1v) is 5.74. The molecule has 96 valence electrons. The fourth-order valence-corrected chi connectivity index (χ4v) is 1.94. The third-order valence-electron chi connectivity index (χ3n) is 3.01. The van der Waals surface area contributed by atoms with Gasteiger partial charge in [-0.3, -0.25) is 14.4 Å². The van der Waals surface area contributed by atoms with Crippen LogP contribution in [-0.2, 0) is 18.5 Å². The average Bonchev–Trinajstić information content (AvgIpc) is 2.93. The molecule has 1 aromatic heterocycles. The molecule has 0 bridgehead atoms. The zero-order valence-electron chi connectivity index (χ0n) is 10.2. The summed E-state index contributed by atoms with van der Waals surface area (Å²) in [5, 5.41) is 0.803. The first-order valence-electron chi connectivity index (χ1n) is 5.74. The summed E-state index contributed by atoms with van der Waals surface area (Å²) in [6, 6.07) is 6.66. The van der Waals surface area contributed by atoms with E-state index in [1.54, 1.807) is 41.4 Å². The smallest absolute Gasteiger partial charge is 0.285 e. The van der Waals surface area contributed by atoms with E-state index in [2.05, 4.69) is 4.98 Å². The largest absolute Gasteiger partial charge is 0.336 e. The highest BCUT2D eigenvalue weighted by molar-refractivity contribution is 6.20. The van der Waals surface area contributed by atoms with Gasteiger partial charge in [0.05, 0.1) is 29.3 Å². The highest BCUT2D eigenvalue weighted by atomic mass is 16.7. The minimum atomic E-state index is -0.428. The van der Waals surface area contributed by atoms with Crippen molar-refractivity contribution >= 4 is 11.8 Å². The molecule has 0 saturated carbocycles. The van der Waals surface area contributed by atoms with E-state index < -0.39 is 11.8 Å². The fraction of sp³-hybridized carbons (Fsp3) is 0.154. The second-order valence-electron chi connectivity index (χ2n) is 4.22. The molecule has 6 nitrogen and oxygen atoms in total. The maximum absolute atomic E-state index is 12.0. The molecule has 1 aliphatic heterocycles. The van der Waals surface area contributed by atoms with Crippen LogP contribution in [0.25, 0.3) is 0 Å². The molecule has 0 fully saturated rings. The number of hydrogen-bond acceptors (Lipinski definition) is 4. The van der Waals surface area contributed by atoms with Crippen LogP contribution in [0.1, 0.15) is 26.4 Å². The molecule has 2 aromatic rings. The lowest BCUT2D eigenvalue weighted by Gasteiger charge is -2.13. The molecule has 6 heteroatoms. The predicted octanol–water partition coefficient (Wildman–Crippen LogP) is 1.15. The number of amides is 2. The molecule has 0 unspecified atom stereocenters. The van der Waals surface area contributed by atoms with Crippen LogP contribution in [0.15, 0.2) is 36.8 Å². The van der Waals surface area contributed by atoms with E-state index in [9.17, 15) is 9.59 Å². The van der Waals surface area contributed by atoms with E-state index in [0.29, 0.717) is 11.1 Å². The molecule has 0 spiro atoms. The van der Waals surface area contributed by atoms with E-state index in [4.69, 9.17) is 4.84 Å². The molecule has 3 rings (SSSR count). The summed E-state index contributed by atoms with van der Waals surface area (Å²) in [4.78, 5) is 33.3. The molecule has 0 radical (unpaired) electrons. The summed E-state index contributed by atoms with van der Waals surface area (Å²) < 4.78 is 1.76. The maximum Gasteiger partial charge on any atom is 0.285 e. The molecule has 0 aliphatic carbocycles. The van der Waals surface area contributed by atoms with Crippen molar-refractivity contribution in [3.63, 3.8) is 0 Å². The van der Waals surface area contributed by atoms with Gasteiger partial charge in [0.25, 0.3) is 11.8 Å². The zero-order valence-corrected chi connectivity index (χ0v) is 10.2. The summed E-state index contributed by atoms with van der Waals surface area (Å²) in [5.41, 5.74) is 1.52. The number of hydroxylamine groups is 2. The molecular weight excluding hydrogens is 246 g/mol. The minimum absolute atomic E-state index is 0.113. The van der Waals surface area contributed by atoms with Crippen LogP contribution in [0.2, 0.25) is 0 Å². The van der Waals surface area contributed by atoms with Crippen LogP contribution in [0.5, 0.6) is 0 Å². The quantitative estimate of drug-likeness (QED) is 0.774. The number of aryl methyl sites for hydroxylation is 1. The molecule has 0 atom stereocenters. The zero-order chi connectivity index (χ0) is 13.4. The fourth-order valence-electron chi connectivity index (χ4n) is 1.94. The van der Waals surface area contributed by atoms with Crippen LogP contribution in [0.4, 0.5) is 0 Å². The second kappa shape index (κ2) is 4.33. The molecule has 0 N–H and O–H groups in total. The normalized spacial score (nSPS) is 14.1. The van der Waals surface area contributed by atoms with Crippen molar-refractivity contribution in [2.45, 2.75) is 6.61 Å². The molecule has 2 heterocycles. The Morgan fingerprint density at radius 2 is 1.79 bits per heavy atom. The molecule has 19 heavy (non-hydrogen) atoms. The number of fused-ring (bicyclic) bond motifs is 1. The van der Waals surface area contributed by atoms with Crippen molar-refractivity contribution in [3.05, 3.63) is 53.6 Å². The number of imidazole rings is 1. The monoisotopic (exact) mass is 257 g/mol. The molecule has 0 saturated heterocycles. The number of carbonyl (C=O) groups excluding carboxylic acids is 2. The Morgan fingerprint density at radius 3 is 2.32 bits per heavy atom. The summed E-state index contributed by atoms with van der Waals surface area (Å²) in [7, 11) is 1.81. The number of imide groups is 1. The lowest BCUT2D eigenvalue weighted by Crippen LogP contribution is -2.30. The summed E-state index contributed by atoms with van der Waals surface area (Å²) in [5.74, 6) is -0.856. The Morgan fingerprint density at radius 1 is 1.16 bits per heavy atom. The van der Waals surface area contributed by atoms with Gasteiger partial charge in [-0.05, 0) is 12.1 Å². The highest BCUT2D eigenvalue weighted by Crippen LogP contribution is 2.23. The van der Waals surface area contributed by atoms with Gasteiger partial charge in [-0.25, -0.2) is 4.98 Å². The van der Waals surface area contributed by atoms with Gasteiger partial charge in [-0.1, -0.05) is 12.1 Å². The first kappa shape index (κ1) is 11.6. The van der Waals surface area contributed by atoms with Gasteiger partial charge in [0.1, 0.15) is 6.61 Å². The van der Waals surface area contributed by atoms with E-state index >= 15 is 0 Å². The Labute approximate surface area is 109 Å². The van der Waals surface area contributed by atoms with Gasteiger partial charge in [-0.2, -0.15) is 0 Å². The van der Waals surface area contributed by atoms with Gasteiger partial charge in [-0.15, -0.1) is 5.06 Å². The number of aromatic nitrogens is 2. The SMILES string of the molecule is Cn1cncc1CON1C(=O)c2ccccc2C1=O. The van der Waals surface area contributed by atoms with E-state index in [0.717, 1.165) is 10.8 Å². The lowest BCUT2D eigenvalue weighted by molar-refractivity contribution is -0.102. The Kier molecular flexibility index (Phi) is 2.64. The standard InChI is InChI=1S/C13H11N3O3/c1-15-8-14-6-9(15)7-19-16-12(17)10-4-2-3-5-11(10)13(16)18/h2-6,8H,7H2,1H3. The molecule has 2 amide bonds. The highest BCUT2D eigenvalue weighted by Gasteiger charge is 2.36. The Balaban J connectivity index is 1.79. The molecular formula is C13H11N3O3. The van der Waals surface area contributed by atoms with Gasteiger partial charge in [0, 0.05) is 7.05 Å². The van der Waals surface area contributed by atoms with Crippen LogP contribution in [0.3, 0.4) is 0 Å². The van der Waals surface area contributed by atoms with E-state index in [1.807, 2.05) is 7.05 Å². The molecule has 1 aliphatic rings. The summed E-state index contributed by atoms with van der Waals surface area (Å²) in [6.45, 7) is 0.113. The van der Waals surface area contributed by atoms with E-state index in [-0.39, 0.29) is 6.61 Å². The van der Waals surface area contributed by atoms with Crippen molar-refractivity contribution in [1.29, 1.82) is 0 Å². The van der Waals surface area contributed by atoms with Gasteiger partial charge < -0.3 is 4.57 Å². The number of benzene rings is 1. The maximum atomic E-state index is 12.0. The third kappa shape index (κ3) is 1.82. The third-order valence-corrected chi connectivity index (χ3v) is 3.01. The summed E-state index contributed by atoms with van der Waals surface area (Å²) >= 11 is 0. The van der Waals surface area contributed by atoms with Crippen molar-refractivity contribution in [2.75, 3.05) is 0 Å². The minimum Gasteiger partial charge on any atom is -0.336 e. The van der Waals surface area contributed by atoms with Crippen molar-refractivity contribution in [1.82, 2.24) is 14.6 Å². The summed E-state index contributed by atoms with van der Waals surface area (Å²) in [6.07, 6.45) is 3.25. The van der Waals surface area contributed by atoms with Gasteiger partial charge in [0.15, 0.2) is 0 Å². The predicted molar refractivity (Wildman–Crippen MR) is 64.9 cm³/mol. The molecule has 1 aromatic carbocycles. The second-order valence-corrected chi connectivity index (χ2v) is 4.22. The van der Waals surface area contributed by atoms with Crippen molar-refractivity contribution in [2.24, 2.45) is 7.05 Å². The number of carbonyl (C=O) groups is 2. The Hall–Kier alpha value is -2.47. The first-order chi connectivity index (χ1) is 9.18. The number of nitrogens with zero attached hydrogens (tertiary/aromatic N) is 3. The topological polar surface area (TPSA) is 64.4 Å². The number of hydrogen-bond donors (Lipinski definition) is 0. The van der Waals surface area contributed by atoms with Crippen molar-refractivity contribution < 1.29 is 14.4 Å². The van der Waals surface area contributed by atoms with Crippen molar-refractivity contribution in [3.8, 4) is 0 Å². The van der Waals surface area contributed by atoms with Crippen LogP contribution >= 0.6 is 0 Å². The van der Waals surface area contributed by atoms with E-state index in [1.165, 1.54) is 0 Å². The van der Waals surface area contributed by atoms with Crippen LogP contribution in [0, 0.1) is 0 Å². The number of rotatable bonds is 3. The van der Waals surface area contributed by atoms with Gasteiger partial charge in [0.2, 0.25) is 0 Å². The van der Waals surface area contributed by atoms with Crippen LogP contribution < -0.4 is 0 Å². The Bertz CT molecular complexity index is 628.